The first kappa shape index (κ1) is 10.9. The molecule has 0 unspecified atom stereocenters. The van der Waals surface area contributed by atoms with Crippen LogP contribution < -0.4 is 5.32 Å². The Morgan fingerprint density at radius 2 is 2.28 bits per heavy atom. The Balaban J connectivity index is 2.25. The summed E-state index contributed by atoms with van der Waals surface area (Å²) in [6.07, 6.45) is 7.12. The van der Waals surface area contributed by atoms with E-state index in [1.165, 1.54) is 0 Å². The van der Waals surface area contributed by atoms with Gasteiger partial charge in [0.2, 0.25) is 0 Å². The zero-order valence-corrected chi connectivity index (χ0v) is 10.0. The molecule has 0 aliphatic heterocycles. The molecule has 0 aliphatic carbocycles. The minimum atomic E-state index is 0.778. The van der Waals surface area contributed by atoms with Gasteiger partial charge >= 0.3 is 0 Å². The van der Waals surface area contributed by atoms with E-state index in [-0.39, 0.29) is 0 Å². The number of rotatable bonds is 3. The summed E-state index contributed by atoms with van der Waals surface area (Å²) in [4.78, 5) is 16.0. The van der Waals surface area contributed by atoms with Crippen LogP contribution in [0.5, 0.6) is 0 Å². The molecule has 3 aromatic rings. The average Bonchev–Trinajstić information content (AvgIpc) is 2.84. The first-order valence-corrected chi connectivity index (χ1v) is 5.76. The Morgan fingerprint density at radius 1 is 1.33 bits per heavy atom. The van der Waals surface area contributed by atoms with Gasteiger partial charge in [-0.25, -0.2) is 9.97 Å². The van der Waals surface area contributed by atoms with Crippen LogP contribution in [0.3, 0.4) is 0 Å². The maximum absolute atomic E-state index is 4.39. The van der Waals surface area contributed by atoms with Crippen LogP contribution in [0.25, 0.3) is 22.3 Å². The van der Waals surface area contributed by atoms with Crippen molar-refractivity contribution in [3.8, 4) is 11.3 Å². The maximum atomic E-state index is 4.39. The van der Waals surface area contributed by atoms with E-state index in [1.807, 2.05) is 31.6 Å². The van der Waals surface area contributed by atoms with Gasteiger partial charge in [-0.2, -0.15) is 0 Å². The smallest absolute Gasteiger partial charge is 0.141 e. The zero-order valence-electron chi connectivity index (χ0n) is 10.0. The second-order valence-electron chi connectivity index (χ2n) is 4.03. The molecule has 3 rings (SSSR count). The Kier molecular flexibility index (Phi) is 2.74. The largest absolute Gasteiger partial charge is 0.346 e. The van der Waals surface area contributed by atoms with Crippen LogP contribution >= 0.6 is 0 Å². The first-order valence-electron chi connectivity index (χ1n) is 5.76. The van der Waals surface area contributed by atoms with E-state index in [4.69, 9.17) is 0 Å². The number of H-pyrrole nitrogens is 1. The van der Waals surface area contributed by atoms with Gasteiger partial charge in [-0.05, 0) is 24.7 Å². The van der Waals surface area contributed by atoms with Crippen molar-refractivity contribution in [2.75, 3.05) is 7.05 Å². The second kappa shape index (κ2) is 4.54. The van der Waals surface area contributed by atoms with Crippen molar-refractivity contribution < 1.29 is 0 Å². The van der Waals surface area contributed by atoms with Crippen molar-refractivity contribution in [2.24, 2.45) is 0 Å². The lowest BCUT2D eigenvalue weighted by Crippen LogP contribution is -2.04. The topological polar surface area (TPSA) is 66.5 Å². The lowest BCUT2D eigenvalue weighted by Gasteiger charge is -2.04. The number of hydrogen-bond acceptors (Lipinski definition) is 4. The fraction of sp³-hybridized carbons (Fsp3) is 0.154. The number of nitrogens with zero attached hydrogens (tertiary/aromatic N) is 3. The maximum Gasteiger partial charge on any atom is 0.141 e. The van der Waals surface area contributed by atoms with Gasteiger partial charge in [0.25, 0.3) is 0 Å². The molecule has 0 radical (unpaired) electrons. The van der Waals surface area contributed by atoms with Crippen molar-refractivity contribution in [1.82, 2.24) is 25.3 Å². The summed E-state index contributed by atoms with van der Waals surface area (Å²) < 4.78 is 0. The minimum absolute atomic E-state index is 0.778. The van der Waals surface area contributed by atoms with Gasteiger partial charge < -0.3 is 10.3 Å². The van der Waals surface area contributed by atoms with Gasteiger partial charge in [-0.15, -0.1) is 0 Å². The Hall–Kier alpha value is -2.27. The van der Waals surface area contributed by atoms with Gasteiger partial charge in [0.05, 0.1) is 5.69 Å². The van der Waals surface area contributed by atoms with E-state index in [2.05, 4.69) is 25.3 Å². The highest BCUT2D eigenvalue weighted by molar-refractivity contribution is 5.93. The van der Waals surface area contributed by atoms with Crippen molar-refractivity contribution >= 4 is 11.0 Å². The molecule has 90 valence electrons. The van der Waals surface area contributed by atoms with Crippen LogP contribution in [0.15, 0.2) is 37.1 Å². The van der Waals surface area contributed by atoms with Gasteiger partial charge in [0.1, 0.15) is 12.0 Å². The molecule has 0 saturated heterocycles. The molecule has 5 heteroatoms. The summed E-state index contributed by atoms with van der Waals surface area (Å²) in [7, 11) is 1.92. The van der Waals surface area contributed by atoms with Crippen molar-refractivity contribution in [2.45, 2.75) is 6.54 Å². The number of aromatic amines is 1. The fourth-order valence-corrected chi connectivity index (χ4v) is 2.08. The van der Waals surface area contributed by atoms with E-state index in [1.54, 1.807) is 12.5 Å². The lowest BCUT2D eigenvalue weighted by molar-refractivity contribution is 0.823. The average molecular weight is 239 g/mol. The van der Waals surface area contributed by atoms with Crippen molar-refractivity contribution in [1.29, 1.82) is 0 Å². The molecule has 0 saturated carbocycles. The summed E-state index contributed by atoms with van der Waals surface area (Å²) in [5, 5.41) is 4.21. The quantitative estimate of drug-likeness (QED) is 0.730. The SMILES string of the molecule is CNCc1c[nH]c2ncnc(-c3cccnc3)c12. The fourth-order valence-electron chi connectivity index (χ4n) is 2.08. The van der Waals surface area contributed by atoms with Crippen LogP contribution in [0.2, 0.25) is 0 Å². The molecule has 3 heterocycles. The lowest BCUT2D eigenvalue weighted by atomic mass is 10.1. The second-order valence-corrected chi connectivity index (χ2v) is 4.03. The Labute approximate surface area is 104 Å². The van der Waals surface area contributed by atoms with E-state index in [0.29, 0.717) is 0 Å². The molecule has 0 spiro atoms. The van der Waals surface area contributed by atoms with E-state index >= 15 is 0 Å². The number of pyridine rings is 1. The van der Waals surface area contributed by atoms with Crippen LogP contribution in [-0.4, -0.2) is 27.0 Å². The number of hydrogen-bond donors (Lipinski definition) is 2. The molecule has 0 amide bonds. The van der Waals surface area contributed by atoms with Gasteiger partial charge in [-0.3, -0.25) is 4.98 Å². The first-order chi connectivity index (χ1) is 8.90. The van der Waals surface area contributed by atoms with E-state index < -0.39 is 0 Å². The summed E-state index contributed by atoms with van der Waals surface area (Å²) in [6.45, 7) is 0.778. The molecule has 3 aromatic heterocycles. The third-order valence-corrected chi connectivity index (χ3v) is 2.85. The molecule has 18 heavy (non-hydrogen) atoms. The molecular formula is C13H13N5. The predicted octanol–water partition coefficient (Wildman–Crippen LogP) is 1.74. The highest BCUT2D eigenvalue weighted by atomic mass is 14.9. The normalized spacial score (nSPS) is 10.9. The van der Waals surface area contributed by atoms with Crippen LogP contribution in [0.1, 0.15) is 5.56 Å². The number of fused-ring (bicyclic) bond motifs is 1. The van der Waals surface area contributed by atoms with Gasteiger partial charge in [0.15, 0.2) is 0 Å². The summed E-state index contributed by atoms with van der Waals surface area (Å²) >= 11 is 0. The third kappa shape index (κ3) is 1.74. The molecule has 5 nitrogen and oxygen atoms in total. The number of aromatic nitrogens is 4. The van der Waals surface area contributed by atoms with Crippen molar-refractivity contribution in [3.63, 3.8) is 0 Å². The van der Waals surface area contributed by atoms with E-state index in [9.17, 15) is 0 Å². The summed E-state index contributed by atoms with van der Waals surface area (Å²) in [5.41, 5.74) is 3.93. The molecule has 2 N–H and O–H groups in total. The minimum Gasteiger partial charge on any atom is -0.346 e. The third-order valence-electron chi connectivity index (χ3n) is 2.85. The Morgan fingerprint density at radius 3 is 3.06 bits per heavy atom. The van der Waals surface area contributed by atoms with Crippen molar-refractivity contribution in [3.05, 3.63) is 42.6 Å². The molecule has 0 aromatic carbocycles. The summed E-state index contributed by atoms with van der Waals surface area (Å²) in [6, 6.07) is 3.92. The van der Waals surface area contributed by atoms with Crippen LogP contribution in [0.4, 0.5) is 0 Å². The summed E-state index contributed by atoms with van der Waals surface area (Å²) in [5.74, 6) is 0. The molecule has 0 bridgehead atoms. The Bertz CT molecular complexity index is 659. The molecule has 0 aliphatic rings. The van der Waals surface area contributed by atoms with Crippen LogP contribution in [0, 0.1) is 0 Å². The zero-order chi connectivity index (χ0) is 12.4. The van der Waals surface area contributed by atoms with Gasteiger partial charge in [0, 0.05) is 36.1 Å². The number of nitrogens with one attached hydrogen (secondary N) is 2. The monoisotopic (exact) mass is 239 g/mol. The highest BCUT2D eigenvalue weighted by Crippen LogP contribution is 2.27. The molecule has 0 atom stereocenters. The predicted molar refractivity (Wildman–Crippen MR) is 69.9 cm³/mol. The standard InChI is InChI=1S/C13H13N5/c1-14-5-10-7-16-13-11(10)12(17-8-18-13)9-3-2-4-15-6-9/h2-4,6-8,14H,5H2,1H3,(H,16,17,18). The molecular weight excluding hydrogens is 226 g/mol. The van der Waals surface area contributed by atoms with Gasteiger partial charge in [-0.1, -0.05) is 0 Å². The van der Waals surface area contributed by atoms with Crippen LogP contribution in [-0.2, 0) is 6.54 Å². The molecule has 0 fully saturated rings. The van der Waals surface area contributed by atoms with E-state index in [0.717, 1.165) is 34.4 Å². The highest BCUT2D eigenvalue weighted by Gasteiger charge is 2.11.